The Morgan fingerprint density at radius 1 is 1.25 bits per heavy atom. The number of ether oxygens (including phenoxy) is 1. The Labute approximate surface area is 99.6 Å². The molecule has 0 amide bonds. The van der Waals surface area contributed by atoms with E-state index < -0.39 is 8.32 Å². The highest BCUT2D eigenvalue weighted by Gasteiger charge is 2.44. The van der Waals surface area contributed by atoms with Crippen LogP contribution in [0.4, 0.5) is 0 Å². The predicted octanol–water partition coefficient (Wildman–Crippen LogP) is 2.96. The molecule has 0 N–H and O–H groups in total. The number of carbonyl (C=O) groups excluding carboxylic acids is 1. The molecule has 1 saturated carbocycles. The Hall–Kier alpha value is -0.353. The first kappa shape index (κ1) is 13.7. The second kappa shape index (κ2) is 4.49. The number of rotatable bonds is 3. The summed E-state index contributed by atoms with van der Waals surface area (Å²) < 4.78 is 10.9. The van der Waals surface area contributed by atoms with Crippen molar-refractivity contribution in [3.05, 3.63) is 0 Å². The van der Waals surface area contributed by atoms with E-state index in [9.17, 15) is 4.79 Å². The highest BCUT2D eigenvalue weighted by atomic mass is 28.4. The molecule has 0 heterocycles. The van der Waals surface area contributed by atoms with Crippen LogP contribution in [0.3, 0.4) is 0 Å². The van der Waals surface area contributed by atoms with Gasteiger partial charge in [-0.1, -0.05) is 20.8 Å². The fraction of sp³-hybridized carbons (Fsp3) is 0.917. The quantitative estimate of drug-likeness (QED) is 0.565. The van der Waals surface area contributed by atoms with E-state index in [0.29, 0.717) is 0 Å². The van der Waals surface area contributed by atoms with Gasteiger partial charge in [-0.05, 0) is 31.0 Å². The van der Waals surface area contributed by atoms with E-state index in [1.165, 1.54) is 7.11 Å². The summed E-state index contributed by atoms with van der Waals surface area (Å²) in [6.07, 6.45) is 1.93. The maximum Gasteiger partial charge on any atom is 0.308 e. The lowest BCUT2D eigenvalue weighted by Crippen LogP contribution is -2.48. The highest BCUT2D eigenvalue weighted by Crippen LogP contribution is 2.41. The monoisotopic (exact) mass is 244 g/mol. The molecule has 0 aromatic rings. The lowest BCUT2D eigenvalue weighted by Gasteiger charge is -2.44. The smallest absolute Gasteiger partial charge is 0.308 e. The Bertz CT molecular complexity index is 262. The molecule has 94 valence electrons. The van der Waals surface area contributed by atoms with Gasteiger partial charge in [0.05, 0.1) is 13.0 Å². The minimum absolute atomic E-state index is 0.0692. The van der Waals surface area contributed by atoms with Crippen LogP contribution in [0.2, 0.25) is 18.1 Å². The molecule has 16 heavy (non-hydrogen) atoms. The molecular formula is C12H24O3Si. The van der Waals surface area contributed by atoms with Gasteiger partial charge in [-0.3, -0.25) is 4.79 Å². The van der Waals surface area contributed by atoms with Crippen molar-refractivity contribution in [3.8, 4) is 0 Å². The van der Waals surface area contributed by atoms with E-state index in [0.717, 1.165) is 12.8 Å². The van der Waals surface area contributed by atoms with E-state index >= 15 is 0 Å². The second-order valence-corrected chi connectivity index (χ2v) is 10.9. The van der Waals surface area contributed by atoms with Gasteiger partial charge in [-0.15, -0.1) is 0 Å². The first-order valence-corrected chi connectivity index (χ1v) is 8.84. The molecule has 3 nitrogen and oxygen atoms in total. The first-order chi connectivity index (χ1) is 7.17. The molecule has 1 rings (SSSR count). The van der Waals surface area contributed by atoms with Crippen LogP contribution >= 0.6 is 0 Å². The number of hydrogen-bond acceptors (Lipinski definition) is 3. The molecule has 0 aliphatic heterocycles. The largest absolute Gasteiger partial charge is 0.469 e. The second-order valence-electron chi connectivity index (χ2n) is 6.19. The molecule has 0 saturated heterocycles. The maximum atomic E-state index is 11.2. The topological polar surface area (TPSA) is 35.5 Å². The van der Waals surface area contributed by atoms with Gasteiger partial charge in [0.25, 0.3) is 0 Å². The molecule has 0 aromatic carbocycles. The molecule has 0 atom stereocenters. The zero-order valence-electron chi connectivity index (χ0n) is 11.3. The predicted molar refractivity (Wildman–Crippen MR) is 66.8 cm³/mol. The van der Waals surface area contributed by atoms with Crippen molar-refractivity contribution in [3.63, 3.8) is 0 Å². The first-order valence-electron chi connectivity index (χ1n) is 5.93. The van der Waals surface area contributed by atoms with E-state index in [-0.39, 0.29) is 23.0 Å². The van der Waals surface area contributed by atoms with Crippen LogP contribution in [-0.4, -0.2) is 27.5 Å². The fourth-order valence-corrected chi connectivity index (χ4v) is 2.99. The molecule has 1 fully saturated rings. The van der Waals surface area contributed by atoms with Crippen molar-refractivity contribution in [2.75, 3.05) is 7.11 Å². The van der Waals surface area contributed by atoms with Crippen molar-refractivity contribution in [1.29, 1.82) is 0 Å². The van der Waals surface area contributed by atoms with Gasteiger partial charge < -0.3 is 9.16 Å². The van der Waals surface area contributed by atoms with Crippen molar-refractivity contribution in [2.45, 2.75) is 57.8 Å². The van der Waals surface area contributed by atoms with Crippen LogP contribution in [0.15, 0.2) is 0 Å². The molecule has 4 heteroatoms. The highest BCUT2D eigenvalue weighted by molar-refractivity contribution is 6.74. The zero-order valence-corrected chi connectivity index (χ0v) is 12.3. The summed E-state index contributed by atoms with van der Waals surface area (Å²) in [5.41, 5.74) is 0. The number of hydrogen-bond donors (Lipinski definition) is 0. The standard InChI is InChI=1S/C12H24O3Si/c1-12(2,3)16(5,6)15-10-7-9(8-10)11(13)14-4/h9-10H,7-8H2,1-6H3/t9-,10-. The van der Waals surface area contributed by atoms with E-state index in [4.69, 9.17) is 9.16 Å². The van der Waals surface area contributed by atoms with Crippen molar-refractivity contribution >= 4 is 14.3 Å². The molecule has 1 aliphatic carbocycles. The third-order valence-electron chi connectivity index (χ3n) is 3.90. The van der Waals surface area contributed by atoms with Crippen molar-refractivity contribution in [1.82, 2.24) is 0 Å². The van der Waals surface area contributed by atoms with Crippen LogP contribution in [0, 0.1) is 5.92 Å². The van der Waals surface area contributed by atoms with Crippen LogP contribution in [0.1, 0.15) is 33.6 Å². The molecule has 0 unspecified atom stereocenters. The van der Waals surface area contributed by atoms with E-state index in [1.54, 1.807) is 0 Å². The Morgan fingerprint density at radius 3 is 2.12 bits per heavy atom. The summed E-state index contributed by atoms with van der Waals surface area (Å²) in [7, 11) is -0.216. The van der Waals surface area contributed by atoms with Gasteiger partial charge in [0, 0.05) is 6.10 Å². The van der Waals surface area contributed by atoms with E-state index in [1.807, 2.05) is 0 Å². The third-order valence-corrected chi connectivity index (χ3v) is 8.43. The van der Waals surface area contributed by atoms with Crippen LogP contribution in [0.25, 0.3) is 0 Å². The van der Waals surface area contributed by atoms with Crippen molar-refractivity contribution in [2.24, 2.45) is 5.92 Å². The zero-order chi connectivity index (χ0) is 12.6. The Morgan fingerprint density at radius 2 is 1.75 bits per heavy atom. The minimum atomic E-state index is -1.66. The average Bonchev–Trinajstić information content (AvgIpc) is 2.07. The SMILES string of the molecule is COC(=O)[C@H]1C[C@H](O[Si](C)(C)C(C)(C)C)C1. The van der Waals surface area contributed by atoms with Gasteiger partial charge >= 0.3 is 5.97 Å². The lowest BCUT2D eigenvalue weighted by molar-refractivity contribution is -0.152. The van der Waals surface area contributed by atoms with Gasteiger partial charge in [-0.25, -0.2) is 0 Å². The molecule has 0 bridgehead atoms. The molecule has 0 radical (unpaired) electrons. The molecule has 0 spiro atoms. The summed E-state index contributed by atoms with van der Waals surface area (Å²) in [4.78, 5) is 11.2. The normalized spacial score (nSPS) is 26.1. The Kier molecular flexibility index (Phi) is 3.85. The fourth-order valence-electron chi connectivity index (χ4n) is 1.61. The van der Waals surface area contributed by atoms with Gasteiger partial charge in [0.2, 0.25) is 0 Å². The van der Waals surface area contributed by atoms with Gasteiger partial charge in [0.15, 0.2) is 8.32 Å². The van der Waals surface area contributed by atoms with Crippen molar-refractivity contribution < 1.29 is 14.0 Å². The third kappa shape index (κ3) is 2.86. The summed E-state index contributed by atoms with van der Waals surface area (Å²) in [5.74, 6) is -0.0187. The summed E-state index contributed by atoms with van der Waals surface area (Å²) >= 11 is 0. The summed E-state index contributed by atoms with van der Waals surface area (Å²) in [6.45, 7) is 11.2. The lowest BCUT2D eigenvalue weighted by atomic mass is 9.83. The van der Waals surface area contributed by atoms with Crippen LogP contribution < -0.4 is 0 Å². The summed E-state index contributed by atoms with van der Waals surface area (Å²) in [6, 6.07) is 0. The van der Waals surface area contributed by atoms with Gasteiger partial charge in [0.1, 0.15) is 0 Å². The molecule has 0 aromatic heterocycles. The minimum Gasteiger partial charge on any atom is -0.469 e. The van der Waals surface area contributed by atoms with Crippen LogP contribution in [0.5, 0.6) is 0 Å². The summed E-state index contributed by atoms with van der Waals surface area (Å²) in [5, 5.41) is 0.239. The molecular weight excluding hydrogens is 220 g/mol. The maximum absolute atomic E-state index is 11.2. The number of methoxy groups -OCH3 is 1. The van der Waals surface area contributed by atoms with E-state index in [2.05, 4.69) is 33.9 Å². The van der Waals surface area contributed by atoms with Gasteiger partial charge in [-0.2, -0.15) is 0 Å². The number of carbonyl (C=O) groups is 1. The Balaban J connectivity index is 2.40. The number of esters is 1. The average molecular weight is 244 g/mol. The van der Waals surface area contributed by atoms with Crippen LogP contribution in [-0.2, 0) is 14.0 Å². The molecule has 1 aliphatic rings.